The zero-order valence-electron chi connectivity index (χ0n) is 10.1. The molecule has 0 aliphatic carbocycles. The van der Waals surface area contributed by atoms with Crippen molar-refractivity contribution in [3.8, 4) is 0 Å². The standard InChI is InChI=1S/C12H13N3O4/c16-11(8-5-6-19-7-8)13-14-12(17)9-3-1-2-4-10(9)15-18/h1-4,8H,5-7H2,(H,13,16)(H,14,17). The average Bonchev–Trinajstić information content (AvgIpc) is 2.98. The number of nitrogens with zero attached hydrogens (tertiary/aromatic N) is 1. The average molecular weight is 263 g/mol. The van der Waals surface area contributed by atoms with E-state index in [1.165, 1.54) is 12.1 Å². The smallest absolute Gasteiger partial charge is 0.272 e. The minimum Gasteiger partial charge on any atom is -0.381 e. The molecule has 0 aromatic heterocycles. The predicted molar refractivity (Wildman–Crippen MR) is 66.4 cm³/mol. The summed E-state index contributed by atoms with van der Waals surface area (Å²) in [6.07, 6.45) is 0.633. The largest absolute Gasteiger partial charge is 0.381 e. The molecule has 19 heavy (non-hydrogen) atoms. The van der Waals surface area contributed by atoms with Crippen LogP contribution in [0.1, 0.15) is 16.8 Å². The van der Waals surface area contributed by atoms with Gasteiger partial charge in [-0.1, -0.05) is 12.1 Å². The fourth-order valence-corrected chi connectivity index (χ4v) is 1.77. The highest BCUT2D eigenvalue weighted by Crippen LogP contribution is 2.17. The van der Waals surface area contributed by atoms with Crippen LogP contribution in [0.4, 0.5) is 5.69 Å². The Balaban J connectivity index is 1.93. The third-order valence-corrected chi connectivity index (χ3v) is 2.85. The van der Waals surface area contributed by atoms with Gasteiger partial charge in [-0.3, -0.25) is 20.4 Å². The van der Waals surface area contributed by atoms with Gasteiger partial charge in [0.1, 0.15) is 5.69 Å². The lowest BCUT2D eigenvalue weighted by Gasteiger charge is -2.10. The summed E-state index contributed by atoms with van der Waals surface area (Å²) in [5.74, 6) is -1.13. The fourth-order valence-electron chi connectivity index (χ4n) is 1.77. The Morgan fingerprint density at radius 2 is 2.05 bits per heavy atom. The number of ether oxygens (including phenoxy) is 1. The van der Waals surface area contributed by atoms with E-state index in [0.717, 1.165) is 0 Å². The quantitative estimate of drug-likeness (QED) is 0.625. The van der Waals surface area contributed by atoms with E-state index < -0.39 is 5.91 Å². The number of carbonyl (C=O) groups excluding carboxylic acids is 2. The highest BCUT2D eigenvalue weighted by Gasteiger charge is 2.24. The van der Waals surface area contributed by atoms with E-state index in [1.807, 2.05) is 0 Å². The summed E-state index contributed by atoms with van der Waals surface area (Å²) in [6, 6.07) is 6.09. The molecule has 1 aromatic rings. The van der Waals surface area contributed by atoms with Crippen LogP contribution in [0.5, 0.6) is 0 Å². The summed E-state index contributed by atoms with van der Waals surface area (Å²) >= 11 is 0. The number of carbonyl (C=O) groups is 2. The molecule has 2 N–H and O–H groups in total. The van der Waals surface area contributed by atoms with Crippen LogP contribution in [0.25, 0.3) is 0 Å². The lowest BCUT2D eigenvalue weighted by molar-refractivity contribution is -0.125. The molecule has 1 unspecified atom stereocenters. The van der Waals surface area contributed by atoms with Crippen molar-refractivity contribution < 1.29 is 14.3 Å². The maximum atomic E-state index is 11.8. The van der Waals surface area contributed by atoms with E-state index in [0.29, 0.717) is 19.6 Å². The van der Waals surface area contributed by atoms with Crippen LogP contribution in [-0.2, 0) is 9.53 Å². The third kappa shape index (κ3) is 3.14. The molecule has 1 aromatic carbocycles. The number of nitrogens with one attached hydrogen (secondary N) is 2. The van der Waals surface area contributed by atoms with Crippen LogP contribution in [0.3, 0.4) is 0 Å². The second-order valence-electron chi connectivity index (χ2n) is 4.11. The molecule has 1 aliphatic heterocycles. The monoisotopic (exact) mass is 263 g/mol. The van der Waals surface area contributed by atoms with Gasteiger partial charge in [0.05, 0.1) is 18.1 Å². The van der Waals surface area contributed by atoms with E-state index in [4.69, 9.17) is 4.74 Å². The summed E-state index contributed by atoms with van der Waals surface area (Å²) in [5.41, 5.74) is 4.71. The number of benzene rings is 1. The number of amides is 2. The van der Waals surface area contributed by atoms with Crippen LogP contribution >= 0.6 is 0 Å². The molecule has 7 heteroatoms. The van der Waals surface area contributed by atoms with Crippen molar-refractivity contribution in [2.24, 2.45) is 11.1 Å². The van der Waals surface area contributed by atoms with Gasteiger partial charge in [0.15, 0.2) is 0 Å². The minimum atomic E-state index is -0.581. The molecule has 1 fully saturated rings. The first-order chi connectivity index (χ1) is 9.22. The van der Waals surface area contributed by atoms with Crippen LogP contribution in [-0.4, -0.2) is 25.0 Å². The Morgan fingerprint density at radius 1 is 1.26 bits per heavy atom. The maximum Gasteiger partial charge on any atom is 0.272 e. The number of nitroso groups, excluding NO2 is 1. The molecule has 1 aliphatic rings. The summed E-state index contributed by atoms with van der Waals surface area (Å²) in [4.78, 5) is 34.0. The second kappa shape index (κ2) is 6.05. The molecule has 1 heterocycles. The minimum absolute atomic E-state index is 0.0263. The molecule has 0 bridgehead atoms. The van der Waals surface area contributed by atoms with Gasteiger partial charge in [0, 0.05) is 6.61 Å². The van der Waals surface area contributed by atoms with Crippen molar-refractivity contribution in [1.29, 1.82) is 0 Å². The Bertz CT molecular complexity index is 498. The molecule has 0 saturated carbocycles. The van der Waals surface area contributed by atoms with Crippen molar-refractivity contribution in [2.75, 3.05) is 13.2 Å². The van der Waals surface area contributed by atoms with Gasteiger partial charge in [-0.25, -0.2) is 0 Å². The van der Waals surface area contributed by atoms with Crippen molar-refractivity contribution in [2.45, 2.75) is 6.42 Å². The number of hydrogen-bond acceptors (Lipinski definition) is 5. The first-order valence-corrected chi connectivity index (χ1v) is 5.82. The topological polar surface area (TPSA) is 96.9 Å². The zero-order chi connectivity index (χ0) is 13.7. The Hall–Kier alpha value is -2.28. The van der Waals surface area contributed by atoms with E-state index in [2.05, 4.69) is 16.0 Å². The lowest BCUT2D eigenvalue weighted by Crippen LogP contribution is -2.44. The first kappa shape index (κ1) is 13.2. The van der Waals surface area contributed by atoms with Gasteiger partial charge in [-0.2, -0.15) is 0 Å². The molecule has 1 atom stereocenters. The summed E-state index contributed by atoms with van der Waals surface area (Å²) in [6.45, 7) is 0.901. The van der Waals surface area contributed by atoms with Crippen LogP contribution < -0.4 is 10.9 Å². The van der Waals surface area contributed by atoms with Gasteiger partial charge in [0.25, 0.3) is 5.91 Å². The van der Waals surface area contributed by atoms with Crippen LogP contribution in [0.2, 0.25) is 0 Å². The van der Waals surface area contributed by atoms with E-state index >= 15 is 0 Å². The van der Waals surface area contributed by atoms with Gasteiger partial charge in [0.2, 0.25) is 5.91 Å². The maximum absolute atomic E-state index is 11.8. The summed E-state index contributed by atoms with van der Waals surface area (Å²) < 4.78 is 5.08. The fraction of sp³-hybridized carbons (Fsp3) is 0.333. The molecule has 2 amide bonds. The molecule has 0 radical (unpaired) electrons. The molecular formula is C12H13N3O4. The van der Waals surface area contributed by atoms with Gasteiger partial charge < -0.3 is 4.74 Å². The van der Waals surface area contributed by atoms with E-state index in [9.17, 15) is 14.5 Å². The number of rotatable bonds is 3. The van der Waals surface area contributed by atoms with Crippen molar-refractivity contribution in [3.05, 3.63) is 34.7 Å². The molecule has 0 spiro atoms. The Labute approximate surface area is 109 Å². The number of hydrogen-bond donors (Lipinski definition) is 2. The van der Waals surface area contributed by atoms with Gasteiger partial charge in [-0.15, -0.1) is 4.91 Å². The molecular weight excluding hydrogens is 250 g/mol. The molecule has 2 rings (SSSR count). The normalized spacial score (nSPS) is 17.8. The van der Waals surface area contributed by atoms with Crippen LogP contribution in [0.15, 0.2) is 29.4 Å². The number of hydrazine groups is 1. The van der Waals surface area contributed by atoms with Gasteiger partial charge in [-0.05, 0) is 23.7 Å². The third-order valence-electron chi connectivity index (χ3n) is 2.85. The molecule has 1 saturated heterocycles. The zero-order valence-corrected chi connectivity index (χ0v) is 10.1. The highest BCUT2D eigenvalue weighted by atomic mass is 16.5. The molecule has 7 nitrogen and oxygen atoms in total. The second-order valence-corrected chi connectivity index (χ2v) is 4.11. The summed E-state index contributed by atoms with van der Waals surface area (Å²) in [7, 11) is 0. The predicted octanol–water partition coefficient (Wildman–Crippen LogP) is 0.882. The Morgan fingerprint density at radius 3 is 2.74 bits per heavy atom. The molecule has 100 valence electrons. The Kier molecular flexibility index (Phi) is 4.19. The first-order valence-electron chi connectivity index (χ1n) is 5.82. The van der Waals surface area contributed by atoms with Crippen molar-refractivity contribution in [1.82, 2.24) is 10.9 Å². The highest BCUT2D eigenvalue weighted by molar-refractivity contribution is 5.99. The lowest BCUT2D eigenvalue weighted by atomic mass is 10.1. The summed E-state index contributed by atoms with van der Waals surface area (Å²) in [5, 5.41) is 2.75. The van der Waals surface area contributed by atoms with Crippen LogP contribution in [0, 0.1) is 10.8 Å². The van der Waals surface area contributed by atoms with E-state index in [1.54, 1.807) is 12.1 Å². The SMILES string of the molecule is O=Nc1ccccc1C(=O)NNC(=O)C1CCOC1. The van der Waals surface area contributed by atoms with Crippen molar-refractivity contribution >= 4 is 17.5 Å². The van der Waals surface area contributed by atoms with Gasteiger partial charge >= 0.3 is 0 Å². The van der Waals surface area contributed by atoms with Crippen molar-refractivity contribution in [3.63, 3.8) is 0 Å². The van der Waals surface area contributed by atoms with E-state index in [-0.39, 0.29) is 23.1 Å².